The summed E-state index contributed by atoms with van der Waals surface area (Å²) in [6.07, 6.45) is 2.20. The molecule has 22 heavy (non-hydrogen) atoms. The van der Waals surface area contributed by atoms with Gasteiger partial charge in [0.1, 0.15) is 0 Å². The second kappa shape index (κ2) is 6.69. The van der Waals surface area contributed by atoms with Crippen molar-refractivity contribution in [1.29, 1.82) is 0 Å². The highest BCUT2D eigenvalue weighted by atomic mass is 35.5. The maximum Gasteiger partial charge on any atom is 0.256 e. The molecule has 1 N–H and O–H groups in total. The summed E-state index contributed by atoms with van der Waals surface area (Å²) in [5.74, 6) is -0.435. The van der Waals surface area contributed by atoms with Gasteiger partial charge in [0.05, 0.1) is 12.2 Å². The van der Waals surface area contributed by atoms with Crippen molar-refractivity contribution < 1.29 is 9.90 Å². The van der Waals surface area contributed by atoms with Gasteiger partial charge in [-0.2, -0.15) is 5.10 Å². The maximum absolute atomic E-state index is 12.5. The molecule has 0 spiro atoms. The molecule has 7 heteroatoms. The monoisotopic (exact) mass is 341 g/mol. The Kier molecular flexibility index (Phi) is 5.11. The first kappa shape index (κ1) is 16.8. The number of hydrogen-bond donors (Lipinski definition) is 1. The van der Waals surface area contributed by atoms with Crippen LogP contribution in [0.15, 0.2) is 30.6 Å². The molecule has 1 heterocycles. The number of aliphatic hydroxyl groups is 1. The Morgan fingerprint density at radius 2 is 1.86 bits per heavy atom. The van der Waals surface area contributed by atoms with Crippen molar-refractivity contribution in [3.63, 3.8) is 0 Å². The number of rotatable bonds is 4. The van der Waals surface area contributed by atoms with Gasteiger partial charge in [0.15, 0.2) is 6.10 Å². The van der Waals surface area contributed by atoms with E-state index in [-0.39, 0.29) is 6.04 Å². The minimum Gasteiger partial charge on any atom is -0.378 e. The highest BCUT2D eigenvalue weighted by Gasteiger charge is 2.26. The number of aryl methyl sites for hydroxylation is 1. The molecule has 2 atom stereocenters. The quantitative estimate of drug-likeness (QED) is 0.929. The fraction of sp³-hybridized carbons (Fsp3) is 0.333. The Bertz CT molecular complexity index is 667. The zero-order chi connectivity index (χ0) is 16.4. The van der Waals surface area contributed by atoms with Crippen LogP contribution in [0.4, 0.5) is 0 Å². The van der Waals surface area contributed by atoms with Crippen molar-refractivity contribution >= 4 is 29.1 Å². The van der Waals surface area contributed by atoms with Crippen LogP contribution < -0.4 is 0 Å². The van der Waals surface area contributed by atoms with E-state index in [1.807, 2.05) is 13.1 Å². The fourth-order valence-corrected chi connectivity index (χ4v) is 2.68. The summed E-state index contributed by atoms with van der Waals surface area (Å²) in [4.78, 5) is 13.9. The van der Waals surface area contributed by atoms with Gasteiger partial charge in [0.25, 0.3) is 5.91 Å². The molecule has 2 aromatic rings. The smallest absolute Gasteiger partial charge is 0.256 e. The highest BCUT2D eigenvalue weighted by molar-refractivity contribution is 6.34. The minimum atomic E-state index is -1.32. The van der Waals surface area contributed by atoms with Gasteiger partial charge in [0.2, 0.25) is 0 Å². The molecule has 0 saturated carbocycles. The SMILES string of the molecule is CC(c1cnn(C)c1)N(C)C(=O)C(O)c1cc(Cl)cc(Cl)c1. The summed E-state index contributed by atoms with van der Waals surface area (Å²) in [7, 11) is 3.44. The fourth-order valence-electron chi connectivity index (χ4n) is 2.14. The third-order valence-electron chi connectivity index (χ3n) is 3.57. The molecule has 0 aliphatic rings. The standard InChI is InChI=1S/C15H17Cl2N3O2/c1-9(11-7-18-19(2)8-11)20(3)15(22)14(21)10-4-12(16)6-13(17)5-10/h4-9,14,21H,1-3H3. The number of aromatic nitrogens is 2. The first-order chi connectivity index (χ1) is 10.3. The summed E-state index contributed by atoms with van der Waals surface area (Å²) in [6, 6.07) is 4.38. The second-order valence-electron chi connectivity index (χ2n) is 5.18. The number of likely N-dealkylation sites (N-methyl/N-ethyl adjacent to an activating group) is 1. The summed E-state index contributed by atoms with van der Waals surface area (Å²) >= 11 is 11.8. The van der Waals surface area contributed by atoms with E-state index in [9.17, 15) is 9.90 Å². The first-order valence-corrected chi connectivity index (χ1v) is 7.44. The molecule has 0 aliphatic carbocycles. The van der Waals surface area contributed by atoms with Gasteiger partial charge in [0, 0.05) is 35.9 Å². The Balaban J connectivity index is 2.18. The third kappa shape index (κ3) is 3.61. The number of aliphatic hydroxyl groups excluding tert-OH is 1. The molecule has 1 aromatic carbocycles. The minimum absolute atomic E-state index is 0.217. The average Bonchev–Trinajstić information content (AvgIpc) is 2.89. The molecule has 0 radical (unpaired) electrons. The number of carbonyl (C=O) groups excluding carboxylic acids is 1. The molecule has 0 fully saturated rings. The van der Waals surface area contributed by atoms with Crippen LogP contribution >= 0.6 is 23.2 Å². The Hall–Kier alpha value is -1.56. The molecule has 5 nitrogen and oxygen atoms in total. The molecule has 1 aromatic heterocycles. The van der Waals surface area contributed by atoms with Crippen molar-refractivity contribution in [2.75, 3.05) is 7.05 Å². The molecule has 0 saturated heterocycles. The van der Waals surface area contributed by atoms with Gasteiger partial charge in [-0.05, 0) is 30.7 Å². The van der Waals surface area contributed by atoms with Crippen LogP contribution in [0.2, 0.25) is 10.0 Å². The lowest BCUT2D eigenvalue weighted by Crippen LogP contribution is -2.33. The summed E-state index contributed by atoms with van der Waals surface area (Å²) in [6.45, 7) is 1.87. The van der Waals surface area contributed by atoms with Gasteiger partial charge in [-0.15, -0.1) is 0 Å². The maximum atomic E-state index is 12.5. The topological polar surface area (TPSA) is 58.4 Å². The van der Waals surface area contributed by atoms with Crippen LogP contribution in [0.5, 0.6) is 0 Å². The zero-order valence-electron chi connectivity index (χ0n) is 12.5. The number of benzene rings is 1. The highest BCUT2D eigenvalue weighted by Crippen LogP contribution is 2.27. The lowest BCUT2D eigenvalue weighted by Gasteiger charge is -2.26. The van der Waals surface area contributed by atoms with E-state index in [1.165, 1.54) is 17.0 Å². The lowest BCUT2D eigenvalue weighted by molar-refractivity contribution is -0.141. The van der Waals surface area contributed by atoms with Gasteiger partial charge in [-0.3, -0.25) is 9.48 Å². The number of nitrogens with zero attached hydrogens (tertiary/aromatic N) is 3. The zero-order valence-corrected chi connectivity index (χ0v) is 14.0. The first-order valence-electron chi connectivity index (χ1n) is 6.69. The largest absolute Gasteiger partial charge is 0.378 e. The van der Waals surface area contributed by atoms with Crippen LogP contribution in [0.3, 0.4) is 0 Å². The average molecular weight is 342 g/mol. The van der Waals surface area contributed by atoms with E-state index in [0.29, 0.717) is 15.6 Å². The van der Waals surface area contributed by atoms with E-state index >= 15 is 0 Å². The van der Waals surface area contributed by atoms with Crippen LogP contribution in [-0.4, -0.2) is 32.7 Å². The molecule has 118 valence electrons. The Morgan fingerprint density at radius 1 is 1.27 bits per heavy atom. The lowest BCUT2D eigenvalue weighted by atomic mass is 10.1. The van der Waals surface area contributed by atoms with Crippen molar-refractivity contribution in [1.82, 2.24) is 14.7 Å². The molecule has 1 amide bonds. The summed E-state index contributed by atoms with van der Waals surface area (Å²) < 4.78 is 1.66. The van der Waals surface area contributed by atoms with Gasteiger partial charge >= 0.3 is 0 Å². The predicted octanol–water partition coefficient (Wildman–Crippen LogP) is 2.98. The van der Waals surface area contributed by atoms with E-state index in [4.69, 9.17) is 23.2 Å². The number of amides is 1. The molecule has 2 unspecified atom stereocenters. The Morgan fingerprint density at radius 3 is 2.36 bits per heavy atom. The predicted molar refractivity (Wildman–Crippen MR) is 85.8 cm³/mol. The molecular weight excluding hydrogens is 325 g/mol. The molecular formula is C15H17Cl2N3O2. The van der Waals surface area contributed by atoms with Crippen molar-refractivity contribution in [2.45, 2.75) is 19.1 Å². The van der Waals surface area contributed by atoms with E-state index in [1.54, 1.807) is 31.0 Å². The van der Waals surface area contributed by atoms with Crippen LogP contribution in [0.25, 0.3) is 0 Å². The van der Waals surface area contributed by atoms with E-state index < -0.39 is 12.0 Å². The van der Waals surface area contributed by atoms with E-state index in [0.717, 1.165) is 5.56 Å². The molecule has 0 aliphatic heterocycles. The van der Waals surface area contributed by atoms with Crippen LogP contribution in [-0.2, 0) is 11.8 Å². The number of hydrogen-bond acceptors (Lipinski definition) is 3. The number of carbonyl (C=O) groups is 1. The summed E-state index contributed by atoms with van der Waals surface area (Å²) in [5, 5.41) is 15.1. The second-order valence-corrected chi connectivity index (χ2v) is 6.05. The number of halogens is 2. The third-order valence-corrected chi connectivity index (χ3v) is 4.01. The van der Waals surface area contributed by atoms with Crippen LogP contribution in [0.1, 0.15) is 30.2 Å². The van der Waals surface area contributed by atoms with Crippen molar-refractivity contribution in [3.05, 3.63) is 51.8 Å². The van der Waals surface area contributed by atoms with Gasteiger partial charge in [-0.25, -0.2) is 0 Å². The molecule has 0 bridgehead atoms. The summed E-state index contributed by atoms with van der Waals surface area (Å²) in [5.41, 5.74) is 1.25. The normalized spacial score (nSPS) is 13.7. The van der Waals surface area contributed by atoms with Crippen molar-refractivity contribution in [2.24, 2.45) is 7.05 Å². The Labute approximate surface area is 139 Å². The van der Waals surface area contributed by atoms with E-state index in [2.05, 4.69) is 5.10 Å². The van der Waals surface area contributed by atoms with Gasteiger partial charge in [-0.1, -0.05) is 23.2 Å². The molecule has 2 rings (SSSR count). The van der Waals surface area contributed by atoms with Crippen LogP contribution in [0, 0.1) is 0 Å². The van der Waals surface area contributed by atoms with Gasteiger partial charge < -0.3 is 10.0 Å². The van der Waals surface area contributed by atoms with Crippen molar-refractivity contribution in [3.8, 4) is 0 Å².